The van der Waals surface area contributed by atoms with Gasteiger partial charge in [-0.1, -0.05) is 12.1 Å². The van der Waals surface area contributed by atoms with Gasteiger partial charge in [-0.2, -0.15) is 0 Å². The van der Waals surface area contributed by atoms with Crippen LogP contribution in [0.4, 0.5) is 0 Å². The van der Waals surface area contributed by atoms with Gasteiger partial charge in [0.25, 0.3) is 0 Å². The summed E-state index contributed by atoms with van der Waals surface area (Å²) < 4.78 is 16.0. The van der Waals surface area contributed by atoms with Crippen LogP contribution >= 0.6 is 0 Å². The summed E-state index contributed by atoms with van der Waals surface area (Å²) in [7, 11) is 0. The van der Waals surface area contributed by atoms with E-state index >= 15 is 0 Å². The number of benzene rings is 1. The van der Waals surface area contributed by atoms with Crippen LogP contribution in [0, 0.1) is 0 Å². The number of fused-ring (bicyclic) bond motifs is 1. The van der Waals surface area contributed by atoms with Crippen molar-refractivity contribution < 1.29 is 23.8 Å². The van der Waals surface area contributed by atoms with Crippen LogP contribution in [-0.4, -0.2) is 43.8 Å². The molecule has 1 aliphatic carbocycles. The molecule has 2 unspecified atom stereocenters. The summed E-state index contributed by atoms with van der Waals surface area (Å²) >= 11 is 0. The van der Waals surface area contributed by atoms with E-state index in [1.54, 1.807) is 6.92 Å². The lowest BCUT2D eigenvalue weighted by atomic mass is 10.0. The van der Waals surface area contributed by atoms with E-state index in [2.05, 4.69) is 0 Å². The van der Waals surface area contributed by atoms with E-state index in [1.165, 1.54) is 11.1 Å². The van der Waals surface area contributed by atoms with Crippen molar-refractivity contribution in [1.29, 1.82) is 0 Å². The number of hydrogen-bond donors (Lipinski definition) is 0. The zero-order valence-corrected chi connectivity index (χ0v) is 14.1. The molecule has 1 fully saturated rings. The van der Waals surface area contributed by atoms with Crippen molar-refractivity contribution >= 4 is 11.8 Å². The molecule has 5 nitrogen and oxygen atoms in total. The van der Waals surface area contributed by atoms with Gasteiger partial charge in [0.05, 0.1) is 12.7 Å². The third-order valence-corrected chi connectivity index (χ3v) is 4.65. The summed E-state index contributed by atoms with van der Waals surface area (Å²) in [6.07, 6.45) is 4.60. The molecule has 0 N–H and O–H groups in total. The van der Waals surface area contributed by atoms with Gasteiger partial charge in [0, 0.05) is 12.2 Å². The van der Waals surface area contributed by atoms with Gasteiger partial charge in [-0.15, -0.1) is 0 Å². The first kappa shape index (κ1) is 17.1. The predicted octanol–water partition coefficient (Wildman–Crippen LogP) is 2.49. The zero-order chi connectivity index (χ0) is 16.9. The Morgan fingerprint density at radius 1 is 1.25 bits per heavy atom. The summed E-state index contributed by atoms with van der Waals surface area (Å²) in [5, 5.41) is 0. The van der Waals surface area contributed by atoms with Crippen LogP contribution in [0.1, 0.15) is 47.7 Å². The molecule has 1 aromatic carbocycles. The molecule has 0 spiro atoms. The molecule has 1 aromatic rings. The highest BCUT2D eigenvalue weighted by Gasteiger charge is 2.22. The Labute approximate surface area is 142 Å². The van der Waals surface area contributed by atoms with Crippen molar-refractivity contribution in [3.8, 4) is 0 Å². The number of ether oxygens (including phenoxy) is 3. The first-order valence-electron chi connectivity index (χ1n) is 8.68. The number of carbonyl (C=O) groups excluding carboxylic acids is 2. The summed E-state index contributed by atoms with van der Waals surface area (Å²) in [6.45, 7) is 2.53. The molecular weight excluding hydrogens is 308 g/mol. The third kappa shape index (κ3) is 4.22. The number of rotatable bonds is 7. The lowest BCUT2D eigenvalue weighted by Crippen LogP contribution is -2.28. The lowest BCUT2D eigenvalue weighted by molar-refractivity contribution is -0.156. The second-order valence-electron chi connectivity index (χ2n) is 6.48. The first-order valence-corrected chi connectivity index (χ1v) is 8.68. The minimum absolute atomic E-state index is 0.0632. The highest BCUT2D eigenvalue weighted by Crippen LogP contribution is 2.23. The maximum atomic E-state index is 12.2. The fraction of sp³-hybridized carbons (Fsp3) is 0.579. The standard InChI is InChI=1S/C19H24O5/c1-13(23-11-17-6-3-9-22-17)19(21)24-12-18(20)16-8-7-14-4-2-5-15(14)10-16/h7-8,10,13,17H,2-6,9,11-12H2,1H3. The molecule has 2 aliphatic rings. The number of Topliss-reactive ketones (excluding diaryl/α,β-unsaturated/α-hetero) is 1. The Morgan fingerprint density at radius 3 is 2.88 bits per heavy atom. The van der Waals surface area contributed by atoms with Gasteiger partial charge >= 0.3 is 5.97 Å². The molecule has 1 saturated heterocycles. The maximum absolute atomic E-state index is 12.2. The Bertz CT molecular complexity index is 604. The number of esters is 1. The van der Waals surface area contributed by atoms with Crippen LogP contribution in [0.15, 0.2) is 18.2 Å². The first-order chi connectivity index (χ1) is 11.6. The van der Waals surface area contributed by atoms with E-state index in [-0.39, 0.29) is 18.5 Å². The van der Waals surface area contributed by atoms with Crippen molar-refractivity contribution in [2.24, 2.45) is 0 Å². The van der Waals surface area contributed by atoms with Crippen LogP contribution in [0.25, 0.3) is 0 Å². The second kappa shape index (κ2) is 7.90. The molecule has 24 heavy (non-hydrogen) atoms. The molecule has 1 aliphatic heterocycles. The number of hydrogen-bond acceptors (Lipinski definition) is 5. The van der Waals surface area contributed by atoms with E-state index in [0.717, 1.165) is 38.7 Å². The largest absolute Gasteiger partial charge is 0.455 e. The van der Waals surface area contributed by atoms with Crippen LogP contribution < -0.4 is 0 Å². The molecule has 0 bridgehead atoms. The summed E-state index contributed by atoms with van der Waals surface area (Å²) in [5.74, 6) is -0.688. The van der Waals surface area contributed by atoms with Gasteiger partial charge in [0.15, 0.2) is 18.5 Å². The van der Waals surface area contributed by atoms with Gasteiger partial charge in [0.1, 0.15) is 0 Å². The second-order valence-corrected chi connectivity index (χ2v) is 6.48. The molecule has 0 aromatic heterocycles. The highest BCUT2D eigenvalue weighted by molar-refractivity contribution is 5.98. The fourth-order valence-electron chi connectivity index (χ4n) is 3.18. The Kier molecular flexibility index (Phi) is 5.63. The monoisotopic (exact) mass is 332 g/mol. The lowest BCUT2D eigenvalue weighted by Gasteiger charge is -2.15. The van der Waals surface area contributed by atoms with E-state index in [9.17, 15) is 9.59 Å². The smallest absolute Gasteiger partial charge is 0.335 e. The highest BCUT2D eigenvalue weighted by atomic mass is 16.6. The van der Waals surface area contributed by atoms with E-state index < -0.39 is 12.1 Å². The minimum atomic E-state index is -0.693. The van der Waals surface area contributed by atoms with E-state index in [0.29, 0.717) is 12.2 Å². The van der Waals surface area contributed by atoms with Crippen LogP contribution in [0.3, 0.4) is 0 Å². The fourth-order valence-corrected chi connectivity index (χ4v) is 3.18. The van der Waals surface area contributed by atoms with Crippen LogP contribution in [-0.2, 0) is 31.8 Å². The van der Waals surface area contributed by atoms with Gasteiger partial charge in [-0.3, -0.25) is 4.79 Å². The summed E-state index contributed by atoms with van der Waals surface area (Å²) in [4.78, 5) is 24.1. The molecule has 1 heterocycles. The molecule has 130 valence electrons. The molecule has 2 atom stereocenters. The van der Waals surface area contributed by atoms with Crippen molar-refractivity contribution in [3.05, 3.63) is 34.9 Å². The number of carbonyl (C=O) groups is 2. The average molecular weight is 332 g/mol. The van der Waals surface area contributed by atoms with Gasteiger partial charge in [0.2, 0.25) is 0 Å². The van der Waals surface area contributed by atoms with Gasteiger partial charge in [-0.05, 0) is 56.2 Å². The normalized spacial score (nSPS) is 20.6. The molecule has 0 saturated carbocycles. The molecule has 5 heteroatoms. The van der Waals surface area contributed by atoms with Crippen molar-refractivity contribution in [1.82, 2.24) is 0 Å². The molecule has 0 radical (unpaired) electrons. The predicted molar refractivity (Wildman–Crippen MR) is 88.1 cm³/mol. The molecule has 3 rings (SSSR count). The number of ketones is 1. The topological polar surface area (TPSA) is 61.8 Å². The summed E-state index contributed by atoms with van der Waals surface area (Å²) in [6, 6.07) is 5.75. The van der Waals surface area contributed by atoms with Crippen molar-refractivity contribution in [2.75, 3.05) is 19.8 Å². The SMILES string of the molecule is CC(OCC1CCCO1)C(=O)OCC(=O)c1ccc2c(c1)CCC2. The third-order valence-electron chi connectivity index (χ3n) is 4.65. The van der Waals surface area contributed by atoms with Crippen molar-refractivity contribution in [3.63, 3.8) is 0 Å². The van der Waals surface area contributed by atoms with E-state index in [1.807, 2.05) is 18.2 Å². The maximum Gasteiger partial charge on any atom is 0.335 e. The Balaban J connectivity index is 1.44. The van der Waals surface area contributed by atoms with Crippen LogP contribution in [0.5, 0.6) is 0 Å². The molecule has 0 amide bonds. The summed E-state index contributed by atoms with van der Waals surface area (Å²) in [5.41, 5.74) is 3.16. The van der Waals surface area contributed by atoms with Crippen LogP contribution in [0.2, 0.25) is 0 Å². The average Bonchev–Trinajstić information content (AvgIpc) is 3.27. The van der Waals surface area contributed by atoms with E-state index in [4.69, 9.17) is 14.2 Å². The minimum Gasteiger partial charge on any atom is -0.455 e. The number of aryl methyl sites for hydroxylation is 2. The Morgan fingerprint density at radius 2 is 2.08 bits per heavy atom. The molecular formula is C19H24O5. The quantitative estimate of drug-likeness (QED) is 0.567. The van der Waals surface area contributed by atoms with Gasteiger partial charge < -0.3 is 14.2 Å². The Hall–Kier alpha value is -1.72. The van der Waals surface area contributed by atoms with Crippen molar-refractivity contribution in [2.45, 2.75) is 51.2 Å². The zero-order valence-electron chi connectivity index (χ0n) is 14.1. The van der Waals surface area contributed by atoms with Gasteiger partial charge in [-0.25, -0.2) is 4.79 Å².